The third kappa shape index (κ3) is 14.1. The first-order chi connectivity index (χ1) is 9.20. The van der Waals surface area contributed by atoms with Crippen LogP contribution in [-0.2, 0) is 0 Å². The van der Waals surface area contributed by atoms with Gasteiger partial charge < -0.3 is 10.2 Å². The Kier molecular flexibility index (Phi) is 14.3. The van der Waals surface area contributed by atoms with E-state index in [0.29, 0.717) is 0 Å². The molecule has 2 heteroatoms. The normalized spacial score (nSPS) is 14.5. The number of aliphatic hydroxyl groups excluding tert-OH is 2. The van der Waals surface area contributed by atoms with Crippen molar-refractivity contribution in [3.8, 4) is 0 Å². The molecule has 116 valence electrons. The quantitative estimate of drug-likeness (QED) is 0.445. The van der Waals surface area contributed by atoms with Gasteiger partial charge in [0.1, 0.15) is 0 Å². The topological polar surface area (TPSA) is 40.5 Å². The number of unbranched alkanes of at least 4 members (excludes halogenated alkanes) is 6. The molecule has 19 heavy (non-hydrogen) atoms. The highest BCUT2D eigenvalue weighted by molar-refractivity contribution is 4.61. The van der Waals surface area contributed by atoms with Crippen LogP contribution in [0.15, 0.2) is 0 Å². The number of aliphatic hydroxyl groups is 2. The predicted octanol–water partition coefficient (Wildman–Crippen LogP) is 4.82. The Morgan fingerprint density at radius 3 is 1.42 bits per heavy atom. The second-order valence-corrected chi connectivity index (χ2v) is 5.94. The number of rotatable bonds is 14. The van der Waals surface area contributed by atoms with Gasteiger partial charge in [-0.15, -0.1) is 0 Å². The molecule has 0 aromatic rings. The van der Waals surface area contributed by atoms with E-state index in [9.17, 15) is 10.2 Å². The average Bonchev–Trinajstić information content (AvgIpc) is 2.39. The SMILES string of the molecule is CCCCCCCC(O)CCCC(O)CCCCC. The Morgan fingerprint density at radius 2 is 0.895 bits per heavy atom. The second-order valence-electron chi connectivity index (χ2n) is 5.94. The van der Waals surface area contributed by atoms with Gasteiger partial charge >= 0.3 is 0 Å². The monoisotopic (exact) mass is 272 g/mol. The minimum Gasteiger partial charge on any atom is -0.393 e. The van der Waals surface area contributed by atoms with E-state index in [0.717, 1.165) is 44.9 Å². The Morgan fingerprint density at radius 1 is 0.526 bits per heavy atom. The van der Waals surface area contributed by atoms with Crippen molar-refractivity contribution < 1.29 is 10.2 Å². The van der Waals surface area contributed by atoms with Crippen molar-refractivity contribution in [1.29, 1.82) is 0 Å². The zero-order valence-electron chi connectivity index (χ0n) is 13.2. The molecular weight excluding hydrogens is 236 g/mol. The lowest BCUT2D eigenvalue weighted by Crippen LogP contribution is -2.10. The molecule has 0 rings (SSSR count). The zero-order valence-corrected chi connectivity index (χ0v) is 13.2. The van der Waals surface area contributed by atoms with Gasteiger partial charge in [0.15, 0.2) is 0 Å². The van der Waals surface area contributed by atoms with Crippen molar-refractivity contribution in [3.05, 3.63) is 0 Å². The second kappa shape index (κ2) is 14.3. The van der Waals surface area contributed by atoms with Gasteiger partial charge in [-0.05, 0) is 32.1 Å². The third-order valence-electron chi connectivity index (χ3n) is 3.86. The van der Waals surface area contributed by atoms with E-state index in [1.165, 1.54) is 38.5 Å². The standard InChI is InChI=1S/C17H36O2/c1-3-5-7-8-10-13-17(19)15-11-14-16(18)12-9-6-4-2/h16-19H,3-15H2,1-2H3. The molecule has 0 radical (unpaired) electrons. The van der Waals surface area contributed by atoms with Gasteiger partial charge in [-0.3, -0.25) is 0 Å². The van der Waals surface area contributed by atoms with Crippen LogP contribution in [0.25, 0.3) is 0 Å². The van der Waals surface area contributed by atoms with Crippen LogP contribution in [0.2, 0.25) is 0 Å². The number of hydrogen-bond acceptors (Lipinski definition) is 2. The first kappa shape index (κ1) is 18.9. The van der Waals surface area contributed by atoms with Gasteiger partial charge in [-0.1, -0.05) is 65.2 Å². The molecule has 2 unspecified atom stereocenters. The Labute approximate surface area is 120 Å². The molecule has 0 aromatic heterocycles. The Bertz CT molecular complexity index is 171. The smallest absolute Gasteiger partial charge is 0.0540 e. The van der Waals surface area contributed by atoms with Gasteiger partial charge in [0, 0.05) is 0 Å². The predicted molar refractivity (Wildman–Crippen MR) is 83.4 cm³/mol. The fourth-order valence-corrected chi connectivity index (χ4v) is 2.49. The van der Waals surface area contributed by atoms with E-state index < -0.39 is 0 Å². The summed E-state index contributed by atoms with van der Waals surface area (Å²) >= 11 is 0. The van der Waals surface area contributed by atoms with Crippen molar-refractivity contribution >= 4 is 0 Å². The molecule has 2 nitrogen and oxygen atoms in total. The molecule has 0 amide bonds. The summed E-state index contributed by atoms with van der Waals surface area (Å²) in [7, 11) is 0. The maximum atomic E-state index is 9.85. The van der Waals surface area contributed by atoms with Gasteiger partial charge in [-0.2, -0.15) is 0 Å². The highest BCUT2D eigenvalue weighted by Gasteiger charge is 2.07. The van der Waals surface area contributed by atoms with E-state index >= 15 is 0 Å². The molecule has 0 aliphatic heterocycles. The van der Waals surface area contributed by atoms with Gasteiger partial charge in [0.2, 0.25) is 0 Å². The van der Waals surface area contributed by atoms with Crippen LogP contribution >= 0.6 is 0 Å². The summed E-state index contributed by atoms with van der Waals surface area (Å²) in [6.45, 7) is 4.41. The maximum absolute atomic E-state index is 9.85. The molecule has 0 aromatic carbocycles. The zero-order chi connectivity index (χ0) is 14.3. The van der Waals surface area contributed by atoms with Crippen LogP contribution in [0.1, 0.15) is 97.3 Å². The first-order valence-electron chi connectivity index (χ1n) is 8.56. The molecule has 0 spiro atoms. The van der Waals surface area contributed by atoms with Crippen molar-refractivity contribution in [1.82, 2.24) is 0 Å². The summed E-state index contributed by atoms with van der Waals surface area (Å²) in [5.41, 5.74) is 0. The van der Waals surface area contributed by atoms with Crippen LogP contribution in [0.4, 0.5) is 0 Å². The highest BCUT2D eigenvalue weighted by atomic mass is 16.3. The van der Waals surface area contributed by atoms with Gasteiger partial charge in [-0.25, -0.2) is 0 Å². The summed E-state index contributed by atoms with van der Waals surface area (Å²) in [5.74, 6) is 0. The lowest BCUT2D eigenvalue weighted by Gasteiger charge is -2.13. The van der Waals surface area contributed by atoms with E-state index in [1.54, 1.807) is 0 Å². The minimum atomic E-state index is -0.150. The summed E-state index contributed by atoms with van der Waals surface area (Å²) in [4.78, 5) is 0. The van der Waals surface area contributed by atoms with Crippen LogP contribution in [0, 0.1) is 0 Å². The lowest BCUT2D eigenvalue weighted by molar-refractivity contribution is 0.121. The average molecular weight is 272 g/mol. The van der Waals surface area contributed by atoms with E-state index in [-0.39, 0.29) is 12.2 Å². The largest absolute Gasteiger partial charge is 0.393 e. The first-order valence-corrected chi connectivity index (χ1v) is 8.56. The minimum absolute atomic E-state index is 0.149. The molecule has 0 heterocycles. The van der Waals surface area contributed by atoms with Crippen molar-refractivity contribution in [3.63, 3.8) is 0 Å². The molecule has 0 saturated heterocycles. The van der Waals surface area contributed by atoms with E-state index in [2.05, 4.69) is 13.8 Å². The van der Waals surface area contributed by atoms with Crippen LogP contribution < -0.4 is 0 Å². The van der Waals surface area contributed by atoms with E-state index in [4.69, 9.17) is 0 Å². The molecule has 2 N–H and O–H groups in total. The summed E-state index contributed by atoms with van der Waals surface area (Å²) in [6, 6.07) is 0. The van der Waals surface area contributed by atoms with Crippen molar-refractivity contribution in [2.24, 2.45) is 0 Å². The molecule has 0 aliphatic rings. The van der Waals surface area contributed by atoms with Gasteiger partial charge in [0.05, 0.1) is 12.2 Å². The molecule has 2 atom stereocenters. The lowest BCUT2D eigenvalue weighted by atomic mass is 10.0. The molecule has 0 bridgehead atoms. The van der Waals surface area contributed by atoms with Gasteiger partial charge in [0.25, 0.3) is 0 Å². The molecule has 0 fully saturated rings. The summed E-state index contributed by atoms with van der Waals surface area (Å²) in [5, 5.41) is 19.6. The third-order valence-corrected chi connectivity index (χ3v) is 3.86. The summed E-state index contributed by atoms with van der Waals surface area (Å²) < 4.78 is 0. The van der Waals surface area contributed by atoms with E-state index in [1.807, 2.05) is 0 Å². The fraction of sp³-hybridized carbons (Fsp3) is 1.00. The Hall–Kier alpha value is -0.0800. The Balaban J connectivity index is 3.29. The fourth-order valence-electron chi connectivity index (χ4n) is 2.49. The maximum Gasteiger partial charge on any atom is 0.0540 e. The summed E-state index contributed by atoms with van der Waals surface area (Å²) in [6.07, 6.45) is 14.1. The van der Waals surface area contributed by atoms with Crippen LogP contribution in [0.5, 0.6) is 0 Å². The van der Waals surface area contributed by atoms with Crippen molar-refractivity contribution in [2.75, 3.05) is 0 Å². The molecule has 0 aliphatic carbocycles. The van der Waals surface area contributed by atoms with Crippen LogP contribution in [0.3, 0.4) is 0 Å². The molecule has 0 saturated carbocycles. The van der Waals surface area contributed by atoms with Crippen molar-refractivity contribution in [2.45, 2.75) is 110 Å². The highest BCUT2D eigenvalue weighted by Crippen LogP contribution is 2.14. The number of hydrogen-bond donors (Lipinski definition) is 2. The van der Waals surface area contributed by atoms with Crippen LogP contribution in [-0.4, -0.2) is 22.4 Å². The molecular formula is C17H36O2.